The lowest BCUT2D eigenvalue weighted by Gasteiger charge is -2.55. The molecule has 0 aromatic heterocycles. The summed E-state index contributed by atoms with van der Waals surface area (Å²) in [5.74, 6) is 1.06. The maximum Gasteiger partial charge on any atom is 0.611 e. The second-order valence-electron chi connectivity index (χ2n) is 8.78. The monoisotopic (exact) mass is 477 g/mol. The minimum atomic E-state index is -3.50. The fourth-order valence-electron chi connectivity index (χ4n) is 3.66. The number of rotatable bonds is 8. The fourth-order valence-corrected chi connectivity index (χ4v) is 5.93. The van der Waals surface area contributed by atoms with Gasteiger partial charge in [-0.2, -0.15) is 4.89 Å². The third-order valence-electron chi connectivity index (χ3n) is 4.98. The molecule has 1 aromatic carbocycles. The zero-order valence-corrected chi connectivity index (χ0v) is 20.7. The van der Waals surface area contributed by atoms with E-state index in [-0.39, 0.29) is 11.8 Å². The number of hydrogen-bond donors (Lipinski definition) is 1. The molecule has 0 aliphatic carbocycles. The van der Waals surface area contributed by atoms with Gasteiger partial charge in [-0.15, -0.1) is 23.2 Å². The van der Waals surface area contributed by atoms with Crippen molar-refractivity contribution < 1.29 is 14.2 Å². The van der Waals surface area contributed by atoms with E-state index < -0.39 is 19.1 Å². The molecule has 168 valence electrons. The number of alkyl halides is 2. The van der Waals surface area contributed by atoms with Crippen LogP contribution in [0.5, 0.6) is 5.75 Å². The van der Waals surface area contributed by atoms with Crippen molar-refractivity contribution >= 4 is 36.9 Å². The topological polar surface area (TPSA) is 85.5 Å². The summed E-state index contributed by atoms with van der Waals surface area (Å²) < 4.78 is 7.62. The minimum Gasteiger partial charge on any atom is -0.784 e. The van der Waals surface area contributed by atoms with Gasteiger partial charge in [-0.25, -0.2) is 0 Å². The van der Waals surface area contributed by atoms with Crippen LogP contribution in [0.2, 0.25) is 0 Å². The molecule has 1 N–H and O–H groups in total. The van der Waals surface area contributed by atoms with Gasteiger partial charge in [0, 0.05) is 22.8 Å². The van der Waals surface area contributed by atoms with Crippen molar-refractivity contribution in [3.05, 3.63) is 35.0 Å². The molecule has 0 saturated carbocycles. The van der Waals surface area contributed by atoms with Gasteiger partial charge in [0.15, 0.2) is 5.75 Å². The van der Waals surface area contributed by atoms with Gasteiger partial charge in [0.2, 0.25) is 0 Å². The standard InChI is InChI=1S/C20H32Cl2N4O3P/c1-16-6-8-18(9-7-16)29-30(28,25(12-10-21)13-11-22)24-23-17-14-19(2,3)26(27)20(4,5)15-17/h6-9,28H,10-15H2,1-5H3/q+1. The highest BCUT2D eigenvalue weighted by atomic mass is 35.5. The molecule has 1 atom stereocenters. The molecule has 1 aliphatic rings. The smallest absolute Gasteiger partial charge is 0.611 e. The van der Waals surface area contributed by atoms with Gasteiger partial charge in [-0.05, 0) is 46.8 Å². The molecular formula is C20H32Cl2N4O3P+. The van der Waals surface area contributed by atoms with Crippen molar-refractivity contribution in [1.82, 2.24) is 9.73 Å². The van der Waals surface area contributed by atoms with E-state index in [9.17, 15) is 10.1 Å². The van der Waals surface area contributed by atoms with Crippen LogP contribution in [0.3, 0.4) is 0 Å². The first kappa shape index (κ1) is 25.5. The van der Waals surface area contributed by atoms with Crippen LogP contribution in [0, 0.1) is 12.1 Å². The molecule has 10 heteroatoms. The molecule has 30 heavy (non-hydrogen) atoms. The Balaban J connectivity index is 2.45. The van der Waals surface area contributed by atoms with Crippen LogP contribution >= 0.6 is 31.2 Å². The molecule has 1 saturated heterocycles. The van der Waals surface area contributed by atoms with E-state index in [2.05, 4.69) is 9.67 Å². The van der Waals surface area contributed by atoms with Gasteiger partial charge >= 0.3 is 18.6 Å². The number of aryl methyl sites for hydroxylation is 1. The normalized spacial score (nSPS) is 20.5. The average molecular weight is 478 g/mol. The Morgan fingerprint density at radius 1 is 1.13 bits per heavy atom. The van der Waals surface area contributed by atoms with E-state index in [0.717, 1.165) is 16.3 Å². The van der Waals surface area contributed by atoms with E-state index in [1.165, 1.54) is 0 Å². The van der Waals surface area contributed by atoms with Crippen LogP contribution in [0.15, 0.2) is 29.2 Å². The summed E-state index contributed by atoms with van der Waals surface area (Å²) in [4.78, 5) is 20.2. The first-order valence-corrected chi connectivity index (χ1v) is 12.6. The number of halogens is 2. The van der Waals surface area contributed by atoms with Gasteiger partial charge in [0.1, 0.15) is 0 Å². The van der Waals surface area contributed by atoms with Gasteiger partial charge in [0.25, 0.3) is 0 Å². The molecule has 1 heterocycles. The quantitative estimate of drug-likeness (QED) is 0.244. The van der Waals surface area contributed by atoms with Crippen LogP contribution in [0.25, 0.3) is 0 Å². The number of hydrogen-bond acceptors (Lipinski definition) is 6. The fraction of sp³-hybridized carbons (Fsp3) is 0.650. The molecule has 0 amide bonds. The summed E-state index contributed by atoms with van der Waals surface area (Å²) in [7, 11) is -3.50. The molecule has 1 fully saturated rings. The lowest BCUT2D eigenvalue weighted by molar-refractivity contribution is -0.0946. The van der Waals surface area contributed by atoms with E-state index in [1.54, 1.807) is 16.8 Å². The van der Waals surface area contributed by atoms with E-state index in [1.807, 2.05) is 46.8 Å². The largest absolute Gasteiger partial charge is 0.784 e. The summed E-state index contributed by atoms with van der Waals surface area (Å²) >= 11 is 11.9. The van der Waals surface area contributed by atoms with Crippen molar-refractivity contribution in [3.63, 3.8) is 0 Å². The van der Waals surface area contributed by atoms with Crippen molar-refractivity contribution in [2.45, 2.75) is 58.5 Å². The third kappa shape index (κ3) is 6.38. The van der Waals surface area contributed by atoms with Crippen molar-refractivity contribution in [3.8, 4) is 5.75 Å². The molecule has 7 nitrogen and oxygen atoms in total. The summed E-state index contributed by atoms with van der Waals surface area (Å²) in [6.45, 7) is 10.2. The second-order valence-corrected chi connectivity index (χ2v) is 11.5. The molecule has 0 radical (unpaired) electrons. The Hall–Kier alpha value is -0.750. The summed E-state index contributed by atoms with van der Waals surface area (Å²) in [6, 6.07) is 7.36. The third-order valence-corrected chi connectivity index (χ3v) is 7.23. The van der Waals surface area contributed by atoms with Crippen LogP contribution in [-0.2, 0) is 0 Å². The van der Waals surface area contributed by atoms with E-state index in [0.29, 0.717) is 31.7 Å². The van der Waals surface area contributed by atoms with Crippen LogP contribution in [-0.4, -0.2) is 61.1 Å². The van der Waals surface area contributed by atoms with E-state index >= 15 is 0 Å². The molecule has 1 aromatic rings. The van der Waals surface area contributed by atoms with Gasteiger partial charge in [-0.1, -0.05) is 22.4 Å². The summed E-state index contributed by atoms with van der Waals surface area (Å²) in [6.07, 6.45) is 0.915. The molecular weight excluding hydrogens is 446 g/mol. The number of hydroxylamine groups is 2. The first-order chi connectivity index (χ1) is 13.9. The van der Waals surface area contributed by atoms with Gasteiger partial charge in [-0.3, -0.25) is 4.52 Å². The van der Waals surface area contributed by atoms with Crippen molar-refractivity contribution in [2.75, 3.05) is 24.8 Å². The maximum absolute atomic E-state index is 12.6. The lowest BCUT2D eigenvalue weighted by Crippen LogP contribution is -2.58. The SMILES string of the molecule is Cc1ccc(O[P+](O)(N=[N+]=C2CC(C)(C)N([O-])C(C)(C)C2)N(CCCl)CCCl)cc1. The molecule has 1 aliphatic heterocycles. The maximum atomic E-state index is 12.6. The van der Waals surface area contributed by atoms with Crippen molar-refractivity contribution in [1.29, 1.82) is 0 Å². The Kier molecular flexibility index (Phi) is 8.71. The summed E-state index contributed by atoms with van der Waals surface area (Å²) in [5.41, 5.74) is 0.598. The van der Waals surface area contributed by atoms with Gasteiger partial charge in [0.05, 0.1) is 30.7 Å². The highest BCUT2D eigenvalue weighted by Crippen LogP contribution is 2.59. The highest BCUT2D eigenvalue weighted by molar-refractivity contribution is 7.61. The zero-order valence-electron chi connectivity index (χ0n) is 18.3. The van der Waals surface area contributed by atoms with Crippen LogP contribution in [0.1, 0.15) is 46.1 Å². The second kappa shape index (κ2) is 10.2. The first-order valence-electron chi connectivity index (χ1n) is 9.94. The predicted molar refractivity (Wildman–Crippen MR) is 124 cm³/mol. The van der Waals surface area contributed by atoms with Crippen LogP contribution in [0.4, 0.5) is 0 Å². The lowest BCUT2D eigenvalue weighted by atomic mass is 9.81. The minimum absolute atomic E-state index is 0.285. The highest BCUT2D eigenvalue weighted by Gasteiger charge is 2.56. The Bertz CT molecular complexity index is 759. The Labute approximate surface area is 189 Å². The summed E-state index contributed by atoms with van der Waals surface area (Å²) in [5, 5.41) is 13.7. The number of benzene rings is 1. The number of nitrogens with zero attached hydrogens (tertiary/aromatic N) is 4. The molecule has 2 rings (SSSR count). The van der Waals surface area contributed by atoms with E-state index in [4.69, 9.17) is 27.7 Å². The van der Waals surface area contributed by atoms with Crippen LogP contribution < -0.4 is 4.52 Å². The predicted octanol–water partition coefficient (Wildman–Crippen LogP) is 5.08. The molecule has 0 bridgehead atoms. The molecule has 0 spiro atoms. The number of piperidine rings is 1. The Morgan fingerprint density at radius 2 is 1.63 bits per heavy atom. The average Bonchev–Trinajstić information content (AvgIpc) is 2.66. The Morgan fingerprint density at radius 3 is 2.10 bits per heavy atom. The van der Waals surface area contributed by atoms with Gasteiger partial charge < -0.3 is 10.3 Å². The molecule has 1 unspecified atom stereocenters. The van der Waals surface area contributed by atoms with Crippen molar-refractivity contribution in [2.24, 2.45) is 4.88 Å². The zero-order chi connectivity index (χ0) is 22.6.